The van der Waals surface area contributed by atoms with Gasteiger partial charge in [0, 0.05) is 0 Å². The van der Waals surface area contributed by atoms with E-state index < -0.39 is 0 Å². The molecule has 0 unspecified atom stereocenters. The van der Waals surface area contributed by atoms with Gasteiger partial charge in [0.25, 0.3) is 0 Å². The SMILES string of the molecule is Oc1[c]oc2ccccc12. The highest BCUT2D eigenvalue weighted by Gasteiger charge is 2.01. The molecule has 1 aromatic carbocycles. The lowest BCUT2D eigenvalue weighted by Crippen LogP contribution is -1.60. The van der Waals surface area contributed by atoms with Crippen LogP contribution in [0.1, 0.15) is 0 Å². The molecule has 49 valence electrons. The molecule has 0 saturated heterocycles. The summed E-state index contributed by atoms with van der Waals surface area (Å²) < 4.78 is 4.87. The maximum atomic E-state index is 9.06. The van der Waals surface area contributed by atoms with Crippen molar-refractivity contribution in [3.63, 3.8) is 0 Å². The van der Waals surface area contributed by atoms with Gasteiger partial charge < -0.3 is 9.52 Å². The number of hydrogen-bond donors (Lipinski definition) is 1. The molecule has 2 nitrogen and oxygen atoms in total. The summed E-state index contributed by atoms with van der Waals surface area (Å²) in [4.78, 5) is 0. The van der Waals surface area contributed by atoms with Crippen molar-refractivity contribution in [2.45, 2.75) is 0 Å². The highest BCUT2D eigenvalue weighted by Crippen LogP contribution is 2.24. The summed E-state index contributed by atoms with van der Waals surface area (Å²) in [6.45, 7) is 0. The fourth-order valence-corrected chi connectivity index (χ4v) is 0.910. The van der Waals surface area contributed by atoms with E-state index in [1.54, 1.807) is 12.1 Å². The van der Waals surface area contributed by atoms with Crippen molar-refractivity contribution in [3.05, 3.63) is 30.5 Å². The van der Waals surface area contributed by atoms with Gasteiger partial charge in [-0.3, -0.25) is 0 Å². The lowest BCUT2D eigenvalue weighted by Gasteiger charge is -1.83. The molecule has 0 amide bonds. The standard InChI is InChI=1S/C8H5O2/c9-7-5-10-8-4-2-1-3-6(7)8/h1-4,9H. The Morgan fingerprint density at radius 1 is 1.30 bits per heavy atom. The van der Waals surface area contributed by atoms with Crippen LogP contribution >= 0.6 is 0 Å². The van der Waals surface area contributed by atoms with Crippen molar-refractivity contribution < 1.29 is 9.52 Å². The molecule has 0 aliphatic heterocycles. The maximum Gasteiger partial charge on any atom is 0.216 e. The van der Waals surface area contributed by atoms with Crippen LogP contribution in [0.2, 0.25) is 0 Å². The van der Waals surface area contributed by atoms with Gasteiger partial charge in [0.2, 0.25) is 6.26 Å². The molecule has 2 aromatic rings. The van der Waals surface area contributed by atoms with E-state index in [1.165, 1.54) is 0 Å². The van der Waals surface area contributed by atoms with Crippen molar-refractivity contribution >= 4 is 11.0 Å². The van der Waals surface area contributed by atoms with Gasteiger partial charge in [0.15, 0.2) is 5.75 Å². The molecular weight excluding hydrogens is 128 g/mol. The Labute approximate surface area is 57.7 Å². The number of rotatable bonds is 0. The minimum absolute atomic E-state index is 0.0793. The number of fused-ring (bicyclic) bond motifs is 1. The van der Waals surface area contributed by atoms with Crippen molar-refractivity contribution in [1.29, 1.82) is 0 Å². The second kappa shape index (κ2) is 1.77. The maximum absolute atomic E-state index is 9.06. The summed E-state index contributed by atoms with van der Waals surface area (Å²) in [5.41, 5.74) is 0.667. The quantitative estimate of drug-likeness (QED) is 0.595. The Kier molecular flexibility index (Phi) is 0.947. The third kappa shape index (κ3) is 0.589. The summed E-state index contributed by atoms with van der Waals surface area (Å²) in [7, 11) is 0. The summed E-state index contributed by atoms with van der Waals surface area (Å²) >= 11 is 0. The van der Waals surface area contributed by atoms with Crippen LogP contribution in [0.25, 0.3) is 11.0 Å². The van der Waals surface area contributed by atoms with Crippen LogP contribution in [0.3, 0.4) is 0 Å². The van der Waals surface area contributed by atoms with Gasteiger partial charge >= 0.3 is 0 Å². The molecule has 0 atom stereocenters. The zero-order valence-electron chi connectivity index (χ0n) is 5.16. The van der Waals surface area contributed by atoms with E-state index in [0.29, 0.717) is 11.0 Å². The van der Waals surface area contributed by atoms with E-state index in [0.717, 1.165) is 0 Å². The van der Waals surface area contributed by atoms with E-state index >= 15 is 0 Å². The molecule has 0 spiro atoms. The molecule has 0 fully saturated rings. The first-order chi connectivity index (χ1) is 4.88. The number of benzene rings is 1. The van der Waals surface area contributed by atoms with Crippen LogP contribution in [0.15, 0.2) is 28.7 Å². The topological polar surface area (TPSA) is 33.4 Å². The van der Waals surface area contributed by atoms with Gasteiger partial charge in [-0.1, -0.05) is 12.1 Å². The monoisotopic (exact) mass is 133 g/mol. The normalized spacial score (nSPS) is 10.4. The lowest BCUT2D eigenvalue weighted by molar-refractivity contribution is 0.461. The zero-order chi connectivity index (χ0) is 6.97. The second-order valence-electron chi connectivity index (χ2n) is 2.05. The van der Waals surface area contributed by atoms with Crippen LogP contribution in [0.5, 0.6) is 5.75 Å². The highest BCUT2D eigenvalue weighted by molar-refractivity contribution is 5.82. The van der Waals surface area contributed by atoms with Crippen molar-refractivity contribution in [3.8, 4) is 5.75 Å². The molecule has 1 radical (unpaired) electrons. The number of para-hydroxylation sites is 1. The highest BCUT2D eigenvalue weighted by atomic mass is 16.4. The van der Waals surface area contributed by atoms with Gasteiger partial charge in [-0.05, 0) is 12.1 Å². The molecule has 0 bridgehead atoms. The first kappa shape index (κ1) is 5.35. The van der Waals surface area contributed by atoms with Crippen LogP contribution in [0, 0.1) is 6.26 Å². The Bertz CT molecular complexity index is 349. The van der Waals surface area contributed by atoms with Crippen LogP contribution < -0.4 is 0 Å². The second-order valence-corrected chi connectivity index (χ2v) is 2.05. The van der Waals surface area contributed by atoms with E-state index in [-0.39, 0.29) is 5.75 Å². The molecule has 1 heterocycles. The van der Waals surface area contributed by atoms with Crippen molar-refractivity contribution in [2.75, 3.05) is 0 Å². The van der Waals surface area contributed by atoms with Crippen LogP contribution in [0.4, 0.5) is 0 Å². The summed E-state index contributed by atoms with van der Waals surface area (Å²) in [5.74, 6) is 0.0793. The smallest absolute Gasteiger partial charge is 0.216 e. The Balaban J connectivity index is 2.93. The summed E-state index contributed by atoms with van der Waals surface area (Å²) in [6.07, 6.45) is 2.36. The average molecular weight is 133 g/mol. The lowest BCUT2D eigenvalue weighted by atomic mass is 10.2. The van der Waals surface area contributed by atoms with Crippen molar-refractivity contribution in [1.82, 2.24) is 0 Å². The largest absolute Gasteiger partial charge is 0.504 e. The van der Waals surface area contributed by atoms with Gasteiger partial charge in [-0.2, -0.15) is 0 Å². The van der Waals surface area contributed by atoms with Gasteiger partial charge in [0.05, 0.1) is 5.39 Å². The van der Waals surface area contributed by atoms with E-state index in [1.807, 2.05) is 12.1 Å². The molecule has 0 aliphatic carbocycles. The van der Waals surface area contributed by atoms with Crippen LogP contribution in [-0.2, 0) is 0 Å². The fourth-order valence-electron chi connectivity index (χ4n) is 0.910. The Hall–Kier alpha value is -1.44. The predicted molar refractivity (Wildman–Crippen MR) is 36.7 cm³/mol. The van der Waals surface area contributed by atoms with Crippen LogP contribution in [-0.4, -0.2) is 5.11 Å². The third-order valence-corrected chi connectivity index (χ3v) is 1.40. The molecule has 2 rings (SSSR count). The molecule has 0 saturated carbocycles. The molecular formula is C8H5O2. The van der Waals surface area contributed by atoms with Crippen molar-refractivity contribution in [2.24, 2.45) is 0 Å². The number of furan rings is 1. The van der Waals surface area contributed by atoms with E-state index in [2.05, 4.69) is 6.26 Å². The molecule has 0 aliphatic rings. The first-order valence-corrected chi connectivity index (χ1v) is 2.96. The van der Waals surface area contributed by atoms with Gasteiger partial charge in [-0.15, -0.1) is 0 Å². The van der Waals surface area contributed by atoms with E-state index in [4.69, 9.17) is 9.52 Å². The summed E-state index contributed by atoms with van der Waals surface area (Å²) in [5, 5.41) is 9.77. The zero-order valence-corrected chi connectivity index (χ0v) is 5.16. The minimum atomic E-state index is 0.0793. The third-order valence-electron chi connectivity index (χ3n) is 1.40. The number of aromatic hydroxyl groups is 1. The average Bonchev–Trinajstić information content (AvgIpc) is 2.34. The first-order valence-electron chi connectivity index (χ1n) is 2.96. The molecule has 1 N–H and O–H groups in total. The Morgan fingerprint density at radius 3 is 2.90 bits per heavy atom. The Morgan fingerprint density at radius 2 is 2.10 bits per heavy atom. The molecule has 10 heavy (non-hydrogen) atoms. The predicted octanol–water partition coefficient (Wildman–Crippen LogP) is 1.94. The van der Waals surface area contributed by atoms with Gasteiger partial charge in [0.1, 0.15) is 5.58 Å². The summed E-state index contributed by atoms with van der Waals surface area (Å²) in [6, 6.07) is 7.25. The minimum Gasteiger partial charge on any atom is -0.504 e. The van der Waals surface area contributed by atoms with Gasteiger partial charge in [-0.25, -0.2) is 0 Å². The molecule has 2 heteroatoms. The number of hydrogen-bond acceptors (Lipinski definition) is 2. The van der Waals surface area contributed by atoms with E-state index in [9.17, 15) is 0 Å². The fraction of sp³-hybridized carbons (Fsp3) is 0. The molecule has 1 aromatic heterocycles.